The molecule has 0 fully saturated rings. The number of carbonyl (C=O) groups is 1. The van der Waals surface area contributed by atoms with Crippen LogP contribution in [0.4, 0.5) is 5.69 Å². The Morgan fingerprint density at radius 1 is 1.15 bits per heavy atom. The van der Waals surface area contributed by atoms with E-state index in [9.17, 15) is 4.79 Å². The quantitative estimate of drug-likeness (QED) is 0.320. The summed E-state index contributed by atoms with van der Waals surface area (Å²) in [5.41, 5.74) is 7.88. The van der Waals surface area contributed by atoms with Crippen LogP contribution in [0.15, 0.2) is 47.5 Å². The minimum atomic E-state index is -0.517. The van der Waals surface area contributed by atoms with E-state index in [2.05, 4.69) is 4.99 Å². The van der Waals surface area contributed by atoms with Crippen LogP contribution in [0.2, 0.25) is 0 Å². The van der Waals surface area contributed by atoms with Crippen molar-refractivity contribution in [1.82, 2.24) is 4.57 Å². The third kappa shape index (κ3) is 3.83. The van der Waals surface area contributed by atoms with Crippen LogP contribution in [0.25, 0.3) is 21.8 Å². The number of aromatic nitrogens is 1. The molecule has 0 amide bonds. The molecule has 3 aromatic rings. The van der Waals surface area contributed by atoms with Gasteiger partial charge in [0.05, 0.1) is 11.6 Å². The highest BCUT2D eigenvalue weighted by Gasteiger charge is 2.19. The lowest BCUT2D eigenvalue weighted by atomic mass is 10.1. The number of esters is 1. The lowest BCUT2D eigenvalue weighted by Crippen LogP contribution is -2.26. The van der Waals surface area contributed by atoms with Crippen molar-refractivity contribution in [2.45, 2.75) is 32.9 Å². The van der Waals surface area contributed by atoms with Gasteiger partial charge >= 0.3 is 5.97 Å². The SMILES string of the molecule is CC(C)(C)OC(=O)Cn1c2ccccc2c2cc(N=C(N)CCl)ccc21. The van der Waals surface area contributed by atoms with E-state index in [1.165, 1.54) is 0 Å². The number of amidine groups is 1. The van der Waals surface area contributed by atoms with Gasteiger partial charge in [-0.15, -0.1) is 11.6 Å². The summed E-state index contributed by atoms with van der Waals surface area (Å²) >= 11 is 5.72. The molecule has 0 saturated carbocycles. The molecule has 0 aliphatic carbocycles. The van der Waals surface area contributed by atoms with E-state index in [4.69, 9.17) is 22.1 Å². The van der Waals surface area contributed by atoms with Gasteiger partial charge in [0.2, 0.25) is 0 Å². The van der Waals surface area contributed by atoms with Crippen molar-refractivity contribution >= 4 is 50.9 Å². The first-order valence-corrected chi connectivity index (χ1v) is 8.94. The number of nitrogens with two attached hydrogens (primary N) is 1. The largest absolute Gasteiger partial charge is 0.459 e. The van der Waals surface area contributed by atoms with E-state index in [1.807, 2.05) is 67.8 Å². The number of carbonyl (C=O) groups excluding carboxylic acids is 1. The number of rotatable bonds is 4. The summed E-state index contributed by atoms with van der Waals surface area (Å²) in [6.07, 6.45) is 0. The molecule has 0 bridgehead atoms. The van der Waals surface area contributed by atoms with Crippen molar-refractivity contribution in [3.8, 4) is 0 Å². The molecular weight excluding hydrogens is 350 g/mol. The molecule has 0 unspecified atom stereocenters. The zero-order valence-corrected chi connectivity index (χ0v) is 15.9. The first-order valence-electron chi connectivity index (χ1n) is 8.40. The maximum absolute atomic E-state index is 12.4. The number of hydrogen-bond acceptors (Lipinski definition) is 3. The van der Waals surface area contributed by atoms with Gasteiger partial charge in [0.25, 0.3) is 0 Å². The van der Waals surface area contributed by atoms with Crippen LogP contribution in [-0.2, 0) is 16.1 Å². The number of benzene rings is 2. The summed E-state index contributed by atoms with van der Waals surface area (Å²) < 4.78 is 7.46. The average molecular weight is 372 g/mol. The van der Waals surface area contributed by atoms with Crippen LogP contribution >= 0.6 is 11.6 Å². The molecule has 6 heteroatoms. The highest BCUT2D eigenvalue weighted by Crippen LogP contribution is 2.32. The Labute approximate surface area is 157 Å². The Hall–Kier alpha value is -2.53. The lowest BCUT2D eigenvalue weighted by Gasteiger charge is -2.20. The molecule has 2 aromatic carbocycles. The second-order valence-corrected chi connectivity index (χ2v) is 7.40. The highest BCUT2D eigenvalue weighted by atomic mass is 35.5. The smallest absolute Gasteiger partial charge is 0.326 e. The summed E-state index contributed by atoms with van der Waals surface area (Å²) in [4.78, 5) is 16.7. The highest BCUT2D eigenvalue weighted by molar-refractivity contribution is 6.28. The molecular formula is C20H22ClN3O2. The van der Waals surface area contributed by atoms with Crippen LogP contribution in [0.1, 0.15) is 20.8 Å². The van der Waals surface area contributed by atoms with Crippen LogP contribution in [0, 0.1) is 0 Å². The van der Waals surface area contributed by atoms with E-state index in [0.717, 1.165) is 27.5 Å². The Kier molecular flexibility index (Phi) is 4.92. The van der Waals surface area contributed by atoms with Crippen molar-refractivity contribution in [1.29, 1.82) is 0 Å². The average Bonchev–Trinajstić information content (AvgIpc) is 2.87. The monoisotopic (exact) mass is 371 g/mol. The molecule has 0 spiro atoms. The van der Waals surface area contributed by atoms with Gasteiger partial charge in [0.1, 0.15) is 18.0 Å². The molecule has 0 aliphatic heterocycles. The van der Waals surface area contributed by atoms with E-state index >= 15 is 0 Å². The summed E-state index contributed by atoms with van der Waals surface area (Å²) in [6.45, 7) is 5.74. The summed E-state index contributed by atoms with van der Waals surface area (Å²) in [5.74, 6) is 0.274. The number of hydrogen-bond donors (Lipinski definition) is 1. The van der Waals surface area contributed by atoms with Crippen LogP contribution in [0.5, 0.6) is 0 Å². The zero-order chi connectivity index (χ0) is 18.9. The number of halogens is 1. The normalized spacial score (nSPS) is 12.7. The van der Waals surface area contributed by atoms with E-state index in [0.29, 0.717) is 5.84 Å². The van der Waals surface area contributed by atoms with Gasteiger partial charge in [-0.3, -0.25) is 4.79 Å². The Morgan fingerprint density at radius 2 is 1.85 bits per heavy atom. The molecule has 2 N–H and O–H groups in total. The van der Waals surface area contributed by atoms with Crippen molar-refractivity contribution in [2.24, 2.45) is 10.7 Å². The van der Waals surface area contributed by atoms with Crippen molar-refractivity contribution < 1.29 is 9.53 Å². The van der Waals surface area contributed by atoms with E-state index < -0.39 is 5.60 Å². The molecule has 0 radical (unpaired) electrons. The first-order chi connectivity index (χ1) is 12.3. The third-order valence-electron chi connectivity index (χ3n) is 3.87. The molecule has 3 rings (SSSR count). The molecule has 1 aromatic heterocycles. The first kappa shape index (κ1) is 18.3. The Balaban J connectivity index is 2.11. The minimum Gasteiger partial charge on any atom is -0.459 e. The van der Waals surface area contributed by atoms with Crippen LogP contribution < -0.4 is 5.73 Å². The molecule has 0 saturated heterocycles. The second-order valence-electron chi connectivity index (χ2n) is 7.13. The molecule has 0 atom stereocenters. The van der Waals surface area contributed by atoms with Crippen molar-refractivity contribution in [3.05, 3.63) is 42.5 Å². The topological polar surface area (TPSA) is 69.6 Å². The van der Waals surface area contributed by atoms with Gasteiger partial charge in [-0.1, -0.05) is 18.2 Å². The van der Waals surface area contributed by atoms with Gasteiger partial charge in [-0.25, -0.2) is 4.99 Å². The van der Waals surface area contributed by atoms with Gasteiger partial charge < -0.3 is 15.0 Å². The van der Waals surface area contributed by atoms with Gasteiger partial charge in [-0.2, -0.15) is 0 Å². The van der Waals surface area contributed by atoms with Crippen LogP contribution in [0.3, 0.4) is 0 Å². The molecule has 26 heavy (non-hydrogen) atoms. The number of alkyl halides is 1. The Bertz CT molecular complexity index is 999. The fourth-order valence-electron chi connectivity index (χ4n) is 2.98. The van der Waals surface area contributed by atoms with Crippen LogP contribution in [-0.4, -0.2) is 27.9 Å². The standard InChI is InChI=1S/C20H22ClN3O2/c1-20(2,3)26-19(25)12-24-16-7-5-4-6-14(16)15-10-13(8-9-17(15)24)23-18(22)11-21/h4-10H,11-12H2,1-3H3,(H2,22,23). The molecule has 0 aliphatic rings. The Morgan fingerprint density at radius 3 is 2.54 bits per heavy atom. The second kappa shape index (κ2) is 7.00. The summed E-state index contributed by atoms with van der Waals surface area (Å²) in [6, 6.07) is 13.7. The van der Waals surface area contributed by atoms with Crippen molar-refractivity contribution in [2.75, 3.05) is 5.88 Å². The molecule has 5 nitrogen and oxygen atoms in total. The molecule has 1 heterocycles. The fraction of sp³-hybridized carbons (Fsp3) is 0.300. The summed E-state index contributed by atoms with van der Waals surface area (Å²) in [5, 5.41) is 2.06. The maximum Gasteiger partial charge on any atom is 0.326 e. The predicted molar refractivity (Wildman–Crippen MR) is 107 cm³/mol. The molecule has 136 valence electrons. The lowest BCUT2D eigenvalue weighted by molar-refractivity contribution is -0.155. The number of nitrogens with zero attached hydrogens (tertiary/aromatic N) is 2. The van der Waals surface area contributed by atoms with E-state index in [1.54, 1.807) is 0 Å². The van der Waals surface area contributed by atoms with E-state index in [-0.39, 0.29) is 18.4 Å². The number of fused-ring (bicyclic) bond motifs is 3. The van der Waals surface area contributed by atoms with Gasteiger partial charge in [0, 0.05) is 21.8 Å². The number of para-hydroxylation sites is 1. The maximum atomic E-state index is 12.4. The number of ether oxygens (including phenoxy) is 1. The minimum absolute atomic E-state index is 0.147. The fourth-order valence-corrected chi connectivity index (χ4v) is 3.04. The number of aliphatic imine (C=N–C) groups is 1. The zero-order valence-electron chi connectivity index (χ0n) is 15.1. The van der Waals surface area contributed by atoms with Crippen molar-refractivity contribution in [3.63, 3.8) is 0 Å². The predicted octanol–water partition coefficient (Wildman–Crippen LogP) is 4.36. The third-order valence-corrected chi connectivity index (χ3v) is 4.15. The van der Waals surface area contributed by atoms with Gasteiger partial charge in [-0.05, 0) is 45.0 Å². The summed E-state index contributed by atoms with van der Waals surface area (Å²) in [7, 11) is 0. The van der Waals surface area contributed by atoms with Gasteiger partial charge in [0.15, 0.2) is 0 Å².